The summed E-state index contributed by atoms with van der Waals surface area (Å²) in [6.45, 7) is 6.10. The fourth-order valence-electron chi connectivity index (χ4n) is 2.77. The smallest absolute Gasteiger partial charge is 0.323 e. The Balaban J connectivity index is 1.89. The zero-order valence-electron chi connectivity index (χ0n) is 10.7. The summed E-state index contributed by atoms with van der Waals surface area (Å²) in [7, 11) is 0. The van der Waals surface area contributed by atoms with Gasteiger partial charge in [0.15, 0.2) is 0 Å². The maximum absolute atomic E-state index is 11.9. The van der Waals surface area contributed by atoms with Gasteiger partial charge in [-0.15, -0.1) is 0 Å². The average Bonchev–Trinajstić information content (AvgIpc) is 2.83. The second kappa shape index (κ2) is 6.36. The van der Waals surface area contributed by atoms with Gasteiger partial charge in [-0.1, -0.05) is 6.42 Å². The summed E-state index contributed by atoms with van der Waals surface area (Å²) >= 11 is 0. The van der Waals surface area contributed by atoms with Crippen LogP contribution in [0.3, 0.4) is 0 Å². The largest absolute Gasteiger partial charge is 0.465 e. The third-order valence-electron chi connectivity index (χ3n) is 3.69. The molecular formula is C13H23NO3. The highest BCUT2D eigenvalue weighted by Gasteiger charge is 2.31. The molecule has 0 aliphatic carbocycles. The van der Waals surface area contributed by atoms with E-state index in [4.69, 9.17) is 9.47 Å². The van der Waals surface area contributed by atoms with Crippen LogP contribution in [0.2, 0.25) is 0 Å². The van der Waals surface area contributed by atoms with E-state index in [-0.39, 0.29) is 12.0 Å². The molecule has 0 radical (unpaired) electrons. The highest BCUT2D eigenvalue weighted by molar-refractivity contribution is 5.75. The third-order valence-corrected chi connectivity index (χ3v) is 3.69. The molecule has 2 saturated heterocycles. The Labute approximate surface area is 103 Å². The highest BCUT2D eigenvalue weighted by atomic mass is 16.5. The van der Waals surface area contributed by atoms with E-state index in [9.17, 15) is 4.79 Å². The van der Waals surface area contributed by atoms with Gasteiger partial charge in [-0.2, -0.15) is 0 Å². The summed E-state index contributed by atoms with van der Waals surface area (Å²) in [4.78, 5) is 14.2. The molecular weight excluding hydrogens is 218 g/mol. The number of nitrogens with zero attached hydrogens (tertiary/aromatic N) is 1. The average molecular weight is 241 g/mol. The van der Waals surface area contributed by atoms with Gasteiger partial charge in [0.25, 0.3) is 0 Å². The second-order valence-corrected chi connectivity index (χ2v) is 4.99. The van der Waals surface area contributed by atoms with Crippen LogP contribution in [0.5, 0.6) is 0 Å². The Morgan fingerprint density at radius 2 is 2.29 bits per heavy atom. The van der Waals surface area contributed by atoms with Crippen LogP contribution in [-0.2, 0) is 14.3 Å². The van der Waals surface area contributed by atoms with Crippen molar-refractivity contribution in [2.24, 2.45) is 5.92 Å². The first-order chi connectivity index (χ1) is 8.31. The van der Waals surface area contributed by atoms with Crippen molar-refractivity contribution in [3.63, 3.8) is 0 Å². The van der Waals surface area contributed by atoms with E-state index in [1.54, 1.807) is 0 Å². The lowest BCUT2D eigenvalue weighted by Gasteiger charge is -2.35. The van der Waals surface area contributed by atoms with Crippen molar-refractivity contribution >= 4 is 5.97 Å². The van der Waals surface area contributed by atoms with Gasteiger partial charge in [-0.25, -0.2) is 0 Å². The molecule has 4 heteroatoms. The fraction of sp³-hybridized carbons (Fsp3) is 0.923. The lowest BCUT2D eigenvalue weighted by molar-refractivity contribution is -0.151. The Morgan fingerprint density at radius 1 is 1.41 bits per heavy atom. The van der Waals surface area contributed by atoms with Gasteiger partial charge in [0.2, 0.25) is 0 Å². The predicted octanol–water partition coefficient (Wildman–Crippen LogP) is 1.44. The van der Waals surface area contributed by atoms with Crippen molar-refractivity contribution in [3.05, 3.63) is 0 Å². The lowest BCUT2D eigenvalue weighted by atomic mass is 9.99. The Hall–Kier alpha value is -0.610. The van der Waals surface area contributed by atoms with Gasteiger partial charge < -0.3 is 9.47 Å². The van der Waals surface area contributed by atoms with Crippen molar-refractivity contribution in [1.29, 1.82) is 0 Å². The number of carbonyl (C=O) groups is 1. The van der Waals surface area contributed by atoms with Gasteiger partial charge in [0.05, 0.1) is 13.2 Å². The van der Waals surface area contributed by atoms with Gasteiger partial charge in [-0.3, -0.25) is 9.69 Å². The van der Waals surface area contributed by atoms with E-state index in [0.29, 0.717) is 12.5 Å². The molecule has 0 saturated carbocycles. The van der Waals surface area contributed by atoms with Gasteiger partial charge >= 0.3 is 5.97 Å². The number of ether oxygens (including phenoxy) is 2. The maximum Gasteiger partial charge on any atom is 0.323 e. The normalized spacial score (nSPS) is 30.4. The molecule has 0 aromatic heterocycles. The van der Waals surface area contributed by atoms with Crippen LogP contribution in [0.1, 0.15) is 32.6 Å². The summed E-state index contributed by atoms with van der Waals surface area (Å²) in [6, 6.07) is -0.00991. The predicted molar refractivity (Wildman–Crippen MR) is 64.8 cm³/mol. The molecule has 2 atom stereocenters. The number of hydrogen-bond donors (Lipinski definition) is 0. The van der Waals surface area contributed by atoms with Crippen molar-refractivity contribution in [2.45, 2.75) is 38.6 Å². The third kappa shape index (κ3) is 3.42. The SMILES string of the molecule is CCOC(=O)C1CCCCN1CC1CCOC1. The first-order valence-corrected chi connectivity index (χ1v) is 6.79. The van der Waals surface area contributed by atoms with Crippen LogP contribution >= 0.6 is 0 Å². The lowest BCUT2D eigenvalue weighted by Crippen LogP contribution is -2.47. The summed E-state index contributed by atoms with van der Waals surface area (Å²) in [5.41, 5.74) is 0. The summed E-state index contributed by atoms with van der Waals surface area (Å²) < 4.78 is 10.6. The zero-order chi connectivity index (χ0) is 12.1. The number of esters is 1. The van der Waals surface area contributed by atoms with E-state index in [1.165, 1.54) is 6.42 Å². The summed E-state index contributed by atoms with van der Waals surface area (Å²) in [6.07, 6.45) is 4.42. The molecule has 2 aliphatic rings. The molecule has 2 unspecified atom stereocenters. The Morgan fingerprint density at radius 3 is 3.00 bits per heavy atom. The number of rotatable bonds is 4. The number of carbonyl (C=O) groups excluding carboxylic acids is 1. The molecule has 4 nitrogen and oxygen atoms in total. The molecule has 0 bridgehead atoms. The first kappa shape index (κ1) is 12.8. The minimum Gasteiger partial charge on any atom is -0.465 e. The van der Waals surface area contributed by atoms with E-state index >= 15 is 0 Å². The Bertz CT molecular complexity index is 251. The minimum absolute atomic E-state index is 0.00991. The van der Waals surface area contributed by atoms with Crippen LogP contribution < -0.4 is 0 Å². The summed E-state index contributed by atoms with van der Waals surface area (Å²) in [5.74, 6) is 0.566. The first-order valence-electron chi connectivity index (χ1n) is 6.79. The second-order valence-electron chi connectivity index (χ2n) is 4.99. The molecule has 2 fully saturated rings. The van der Waals surface area contributed by atoms with Crippen molar-refractivity contribution in [1.82, 2.24) is 4.90 Å². The number of hydrogen-bond acceptors (Lipinski definition) is 4. The topological polar surface area (TPSA) is 38.8 Å². The van der Waals surface area contributed by atoms with E-state index in [2.05, 4.69) is 4.90 Å². The van der Waals surface area contributed by atoms with Crippen LogP contribution in [0.15, 0.2) is 0 Å². The molecule has 0 aromatic rings. The van der Waals surface area contributed by atoms with Gasteiger partial charge in [-0.05, 0) is 38.6 Å². The summed E-state index contributed by atoms with van der Waals surface area (Å²) in [5, 5.41) is 0. The number of likely N-dealkylation sites (tertiary alicyclic amines) is 1. The Kier molecular flexibility index (Phi) is 4.80. The minimum atomic E-state index is -0.0360. The maximum atomic E-state index is 11.9. The molecule has 2 heterocycles. The van der Waals surface area contributed by atoms with Crippen LogP contribution in [0.25, 0.3) is 0 Å². The zero-order valence-corrected chi connectivity index (χ0v) is 10.7. The van der Waals surface area contributed by atoms with Gasteiger partial charge in [0.1, 0.15) is 6.04 Å². The molecule has 2 rings (SSSR count). The fourth-order valence-corrected chi connectivity index (χ4v) is 2.77. The molecule has 0 amide bonds. The molecule has 17 heavy (non-hydrogen) atoms. The molecule has 0 N–H and O–H groups in total. The molecule has 2 aliphatic heterocycles. The van der Waals surface area contributed by atoms with E-state index in [0.717, 1.165) is 45.6 Å². The quantitative estimate of drug-likeness (QED) is 0.698. The van der Waals surface area contributed by atoms with Crippen molar-refractivity contribution < 1.29 is 14.3 Å². The standard InChI is InChI=1S/C13H23NO3/c1-2-17-13(15)12-5-3-4-7-14(12)9-11-6-8-16-10-11/h11-12H,2-10H2,1H3. The van der Waals surface area contributed by atoms with Crippen LogP contribution in [0.4, 0.5) is 0 Å². The monoisotopic (exact) mass is 241 g/mol. The molecule has 98 valence electrons. The van der Waals surface area contributed by atoms with E-state index in [1.807, 2.05) is 6.92 Å². The molecule has 0 spiro atoms. The van der Waals surface area contributed by atoms with Crippen molar-refractivity contribution in [2.75, 3.05) is 32.9 Å². The van der Waals surface area contributed by atoms with Crippen molar-refractivity contribution in [3.8, 4) is 0 Å². The molecule has 0 aromatic carbocycles. The van der Waals surface area contributed by atoms with Gasteiger partial charge in [0, 0.05) is 13.2 Å². The van der Waals surface area contributed by atoms with Crippen LogP contribution in [0, 0.1) is 5.92 Å². The van der Waals surface area contributed by atoms with Crippen LogP contribution in [-0.4, -0.2) is 49.8 Å². The highest BCUT2D eigenvalue weighted by Crippen LogP contribution is 2.22. The van der Waals surface area contributed by atoms with E-state index < -0.39 is 0 Å². The number of piperidine rings is 1.